The van der Waals surface area contributed by atoms with Gasteiger partial charge in [0.15, 0.2) is 5.71 Å². The molecule has 33 heavy (non-hydrogen) atoms. The number of halogens is 1. The molecule has 1 aliphatic carbocycles. The van der Waals surface area contributed by atoms with Gasteiger partial charge in [-0.25, -0.2) is 23.2 Å². The first-order chi connectivity index (χ1) is 15.5. The number of rotatable bonds is 3. The number of hydrogen-bond donors (Lipinski definition) is 0. The highest BCUT2D eigenvalue weighted by Crippen LogP contribution is 2.32. The molecule has 0 radical (unpaired) electrons. The van der Waals surface area contributed by atoms with Crippen molar-refractivity contribution in [3.8, 4) is 0 Å². The molecule has 0 saturated heterocycles. The van der Waals surface area contributed by atoms with Crippen molar-refractivity contribution in [2.24, 2.45) is 0 Å². The lowest BCUT2D eigenvalue weighted by atomic mass is 9.90. The molecular formula is C23H23ClN4O4S. The zero-order valence-corrected chi connectivity index (χ0v) is 20.1. The molecule has 0 bridgehead atoms. The first kappa shape index (κ1) is 24.7. The van der Waals surface area contributed by atoms with Crippen LogP contribution in [-0.2, 0) is 0 Å². The fourth-order valence-corrected chi connectivity index (χ4v) is 3.81. The van der Waals surface area contributed by atoms with E-state index in [2.05, 4.69) is 113 Å². The van der Waals surface area contributed by atoms with Gasteiger partial charge in [0.05, 0.1) is 11.7 Å². The maximum atomic E-state index is 8.49. The molecule has 1 heterocycles. The number of fused-ring (bicyclic) bond motifs is 1. The molecule has 3 aromatic rings. The number of allylic oxidation sites excluding steroid dienone is 5. The molecular weight excluding hydrogens is 464 g/mol. The van der Waals surface area contributed by atoms with Gasteiger partial charge >= 0.3 is 0 Å². The van der Waals surface area contributed by atoms with Crippen LogP contribution in [0.4, 0.5) is 5.69 Å². The van der Waals surface area contributed by atoms with E-state index in [9.17, 15) is 0 Å². The Kier molecular flexibility index (Phi) is 7.75. The molecule has 0 amide bonds. The van der Waals surface area contributed by atoms with Crippen LogP contribution in [0.3, 0.4) is 0 Å². The van der Waals surface area contributed by atoms with E-state index in [1.54, 1.807) is 0 Å². The van der Waals surface area contributed by atoms with Gasteiger partial charge in [0.1, 0.15) is 25.1 Å². The fraction of sp³-hybridized carbons (Fsp3) is 0.174. The van der Waals surface area contributed by atoms with Gasteiger partial charge in [0.25, 0.3) is 0 Å². The second-order valence-electron chi connectivity index (χ2n) is 7.60. The number of nitrogens with zero attached hydrogens (tertiary/aromatic N) is 4. The zero-order valence-electron chi connectivity index (χ0n) is 18.6. The average molecular weight is 487 g/mol. The van der Waals surface area contributed by atoms with Crippen LogP contribution in [0.1, 0.15) is 11.1 Å². The lowest BCUT2D eigenvalue weighted by molar-refractivity contribution is -2.00. The molecule has 2 aromatic carbocycles. The largest absolute Gasteiger partial charge is 0.378 e. The van der Waals surface area contributed by atoms with E-state index < -0.39 is 10.2 Å². The van der Waals surface area contributed by atoms with Crippen LogP contribution in [0.25, 0.3) is 16.6 Å². The number of hydrogen-bond acceptors (Lipinski definition) is 8. The number of aromatic nitrogens is 2. The van der Waals surface area contributed by atoms with Crippen LogP contribution >= 0.6 is 11.7 Å². The van der Waals surface area contributed by atoms with Crippen molar-refractivity contribution in [1.29, 1.82) is 0 Å². The summed E-state index contributed by atoms with van der Waals surface area (Å²) in [5.41, 5.74) is 8.97. The Balaban J connectivity index is 0.000000555. The monoisotopic (exact) mass is 486 g/mol. The van der Waals surface area contributed by atoms with Crippen molar-refractivity contribution < 1.29 is 33.5 Å². The molecule has 0 unspecified atom stereocenters. The summed E-state index contributed by atoms with van der Waals surface area (Å²) in [5.74, 6) is 0. The van der Waals surface area contributed by atoms with E-state index in [4.69, 9.17) is 18.6 Å². The van der Waals surface area contributed by atoms with Gasteiger partial charge < -0.3 is 4.90 Å². The minimum atomic E-state index is -4.94. The van der Waals surface area contributed by atoms with Crippen molar-refractivity contribution >= 4 is 39.7 Å². The molecule has 0 spiro atoms. The summed E-state index contributed by atoms with van der Waals surface area (Å²) in [6, 6.07) is 15.0. The summed E-state index contributed by atoms with van der Waals surface area (Å²) in [7, 11) is 3.29. The molecule has 10 heteroatoms. The van der Waals surface area contributed by atoms with Crippen LogP contribution in [0, 0.1) is 10.2 Å². The summed E-state index contributed by atoms with van der Waals surface area (Å²) in [4.78, 5) is 2.11. The fourth-order valence-electron chi connectivity index (χ4n) is 3.29. The first-order valence-electron chi connectivity index (χ1n) is 9.80. The zero-order chi connectivity index (χ0) is 24.2. The van der Waals surface area contributed by atoms with Crippen molar-refractivity contribution in [2.45, 2.75) is 0 Å². The second-order valence-corrected chi connectivity index (χ2v) is 8.89. The third kappa shape index (κ3) is 6.78. The van der Waals surface area contributed by atoms with E-state index in [0.29, 0.717) is 0 Å². The maximum absolute atomic E-state index is 8.49. The van der Waals surface area contributed by atoms with Gasteiger partial charge in [-0.1, -0.05) is 18.2 Å². The summed E-state index contributed by atoms with van der Waals surface area (Å²) in [6.45, 7) is 0. The van der Waals surface area contributed by atoms with E-state index in [1.165, 1.54) is 39.8 Å². The Hall–Kier alpha value is -2.92. The highest BCUT2D eigenvalue weighted by molar-refractivity contribution is 7.00. The van der Waals surface area contributed by atoms with Crippen molar-refractivity contribution in [1.82, 2.24) is 8.75 Å². The number of anilines is 1. The van der Waals surface area contributed by atoms with E-state index >= 15 is 0 Å². The smallest absolute Gasteiger partial charge is 0.199 e. The third-order valence-electron chi connectivity index (χ3n) is 4.89. The van der Waals surface area contributed by atoms with Crippen LogP contribution in [0.5, 0.6) is 0 Å². The van der Waals surface area contributed by atoms with Crippen LogP contribution in [0.2, 0.25) is 0 Å². The van der Waals surface area contributed by atoms with Gasteiger partial charge in [0, 0.05) is 31.9 Å². The minimum absolute atomic E-state index is 0.940. The Morgan fingerprint density at radius 2 is 1.36 bits per heavy atom. The molecule has 0 N–H and O–H groups in total. The quantitative estimate of drug-likeness (QED) is 0.463. The van der Waals surface area contributed by atoms with E-state index in [1.807, 2.05) is 0 Å². The summed E-state index contributed by atoms with van der Waals surface area (Å²) >= 11 is 1.25. The number of benzene rings is 2. The normalized spacial score (nSPS) is 13.1. The van der Waals surface area contributed by atoms with Crippen molar-refractivity contribution in [3.63, 3.8) is 0 Å². The predicted octanol–water partition coefficient (Wildman–Crippen LogP) is -0.358. The Labute approximate surface area is 198 Å². The Morgan fingerprint density at radius 1 is 0.818 bits per heavy atom. The average Bonchev–Trinajstić information content (AvgIpc) is 3.21. The first-order valence-corrected chi connectivity index (χ1v) is 11.8. The minimum Gasteiger partial charge on any atom is -0.378 e. The SMILES string of the molecule is CN(C)c1ccc(C(=C2C=CC(=[N+](C)C)C=C2)c2ccc3nsnc3c2)cc1.[O-][Cl+3]([O-])([O-])[O-]. The Morgan fingerprint density at radius 3 is 1.91 bits per heavy atom. The molecule has 1 aromatic heterocycles. The molecule has 1 aliphatic rings. The molecule has 0 saturated carbocycles. The highest BCUT2D eigenvalue weighted by atomic mass is 35.7. The lowest BCUT2D eigenvalue weighted by Gasteiger charge is -2.17. The van der Waals surface area contributed by atoms with Gasteiger partial charge in [-0.15, -0.1) is 10.2 Å². The topological polar surface area (TPSA) is 124 Å². The van der Waals surface area contributed by atoms with Gasteiger partial charge in [-0.3, -0.25) is 0 Å². The summed E-state index contributed by atoms with van der Waals surface area (Å²) in [5, 5.41) is 0. The van der Waals surface area contributed by atoms with Crippen LogP contribution < -0.4 is 23.5 Å². The highest BCUT2D eigenvalue weighted by Gasteiger charge is 2.14. The molecule has 0 aliphatic heterocycles. The van der Waals surface area contributed by atoms with Crippen LogP contribution in [0.15, 0.2) is 72.3 Å². The summed E-state index contributed by atoms with van der Waals surface area (Å²) < 4.78 is 44.9. The van der Waals surface area contributed by atoms with Gasteiger partial charge in [-0.2, -0.15) is 8.75 Å². The second kappa shape index (κ2) is 10.3. The predicted molar refractivity (Wildman–Crippen MR) is 120 cm³/mol. The van der Waals surface area contributed by atoms with Crippen LogP contribution in [-0.4, -0.2) is 47.2 Å². The van der Waals surface area contributed by atoms with E-state index in [0.717, 1.165) is 16.6 Å². The van der Waals surface area contributed by atoms with E-state index in [-0.39, 0.29) is 0 Å². The molecule has 0 fully saturated rings. The van der Waals surface area contributed by atoms with Crippen molar-refractivity contribution in [3.05, 3.63) is 83.5 Å². The maximum Gasteiger partial charge on any atom is 0.199 e. The van der Waals surface area contributed by atoms with Gasteiger partial charge in [0.2, 0.25) is 0 Å². The molecule has 4 rings (SSSR count). The van der Waals surface area contributed by atoms with Crippen molar-refractivity contribution in [2.75, 3.05) is 33.1 Å². The van der Waals surface area contributed by atoms with Gasteiger partial charge in [-0.05, 0) is 58.7 Å². The lowest BCUT2D eigenvalue weighted by Crippen LogP contribution is -2.68. The summed E-state index contributed by atoms with van der Waals surface area (Å²) in [6.07, 6.45) is 8.70. The third-order valence-corrected chi connectivity index (χ3v) is 5.44. The molecule has 0 atom stereocenters. The molecule has 172 valence electrons. The standard InChI is InChI=1S/C23H23N4S.ClHO4/c1-26(2)19-10-5-16(6-11-19)23(17-7-12-20(13-8-17)27(3)4)18-9-14-21-22(15-18)25-28-24-21;2-1(3,4)5/h5-15H,1-4H3;(H,2,3,4,5)/q+1;/p-1. The molecule has 8 nitrogen and oxygen atoms in total. The Bertz CT molecular complexity index is 1230.